The van der Waals surface area contributed by atoms with Crippen LogP contribution in [0.2, 0.25) is 5.02 Å². The molecule has 2 N–H and O–H groups in total. The fourth-order valence-electron chi connectivity index (χ4n) is 2.72. The van der Waals surface area contributed by atoms with Crippen molar-refractivity contribution in [1.82, 2.24) is 9.97 Å². The van der Waals surface area contributed by atoms with Crippen molar-refractivity contribution in [3.63, 3.8) is 0 Å². The molecular weight excluding hydrogens is 429 g/mol. The maximum atomic E-state index is 12.6. The fourth-order valence-corrected chi connectivity index (χ4v) is 2.90. The highest BCUT2D eigenvalue weighted by molar-refractivity contribution is 6.31. The Morgan fingerprint density at radius 2 is 1.87 bits per heavy atom. The molecule has 0 fully saturated rings. The van der Waals surface area contributed by atoms with Gasteiger partial charge in [0, 0.05) is 28.4 Å². The lowest BCUT2D eigenvalue weighted by Gasteiger charge is -2.15. The molecule has 0 aliphatic rings. The van der Waals surface area contributed by atoms with Crippen LogP contribution in [0.3, 0.4) is 0 Å². The predicted octanol–water partition coefficient (Wildman–Crippen LogP) is 6.96. The van der Waals surface area contributed by atoms with E-state index in [4.69, 9.17) is 11.6 Å². The second kappa shape index (κ2) is 9.43. The van der Waals surface area contributed by atoms with Gasteiger partial charge in [-0.25, -0.2) is 4.98 Å². The van der Waals surface area contributed by atoms with Crippen molar-refractivity contribution in [2.45, 2.75) is 39.6 Å². The van der Waals surface area contributed by atoms with Crippen LogP contribution in [0.5, 0.6) is 5.75 Å². The highest BCUT2D eigenvalue weighted by atomic mass is 35.5. The van der Waals surface area contributed by atoms with Gasteiger partial charge in [0.2, 0.25) is 5.95 Å². The number of ether oxygens (including phenoxy) is 1. The summed E-state index contributed by atoms with van der Waals surface area (Å²) in [4.78, 5) is 8.97. The van der Waals surface area contributed by atoms with Crippen molar-refractivity contribution in [2.24, 2.45) is 0 Å². The van der Waals surface area contributed by atoms with E-state index in [2.05, 4.69) is 25.3 Å². The topological polar surface area (TPSA) is 59.1 Å². The van der Waals surface area contributed by atoms with Crippen LogP contribution < -0.4 is 15.4 Å². The van der Waals surface area contributed by atoms with Gasteiger partial charge in [0.1, 0.15) is 11.6 Å². The molecule has 1 heterocycles. The average molecular weight is 451 g/mol. The Balaban J connectivity index is 1.99. The van der Waals surface area contributed by atoms with E-state index in [9.17, 15) is 13.2 Å². The molecular formula is C22H22ClF3N4O. The van der Waals surface area contributed by atoms with E-state index < -0.39 is 6.36 Å². The molecule has 0 aliphatic heterocycles. The summed E-state index contributed by atoms with van der Waals surface area (Å²) in [6.45, 7) is 5.91. The quantitative estimate of drug-likeness (QED) is 0.407. The standard InChI is InChI=1S/C22H22ClF3N4O/c1-4-14(3)27-21-29-19(15-6-5-7-17(10-15)31-22(24,25)26)12-20(30-21)28-16-9-8-13(2)18(23)11-16/h5-12,14H,4H2,1-3H3,(H2,27,28,29,30)/t14-/m0/s1. The van der Waals surface area contributed by atoms with Crippen molar-refractivity contribution in [3.8, 4) is 17.0 Å². The molecule has 0 unspecified atom stereocenters. The highest BCUT2D eigenvalue weighted by Gasteiger charge is 2.31. The largest absolute Gasteiger partial charge is 0.573 e. The number of hydrogen-bond donors (Lipinski definition) is 2. The highest BCUT2D eigenvalue weighted by Crippen LogP contribution is 2.30. The first kappa shape index (κ1) is 22.7. The minimum atomic E-state index is -4.77. The number of aromatic nitrogens is 2. The van der Waals surface area contributed by atoms with E-state index >= 15 is 0 Å². The zero-order valence-electron chi connectivity index (χ0n) is 17.2. The summed E-state index contributed by atoms with van der Waals surface area (Å²) in [5.41, 5.74) is 2.57. The zero-order valence-corrected chi connectivity index (χ0v) is 18.0. The van der Waals surface area contributed by atoms with Crippen LogP contribution in [-0.4, -0.2) is 22.4 Å². The number of hydrogen-bond acceptors (Lipinski definition) is 5. The Morgan fingerprint density at radius 3 is 2.55 bits per heavy atom. The van der Waals surface area contributed by atoms with E-state index in [1.165, 1.54) is 18.2 Å². The Bertz CT molecular complexity index is 1060. The van der Waals surface area contributed by atoms with Crippen molar-refractivity contribution in [3.05, 3.63) is 59.1 Å². The van der Waals surface area contributed by atoms with E-state index in [1.807, 2.05) is 32.9 Å². The van der Waals surface area contributed by atoms with Crippen molar-refractivity contribution in [1.29, 1.82) is 0 Å². The molecule has 31 heavy (non-hydrogen) atoms. The summed E-state index contributed by atoms with van der Waals surface area (Å²) >= 11 is 6.21. The second-order valence-corrected chi connectivity index (χ2v) is 7.49. The number of rotatable bonds is 7. The van der Waals surface area contributed by atoms with Crippen LogP contribution in [0.4, 0.5) is 30.6 Å². The van der Waals surface area contributed by atoms with Crippen LogP contribution in [0.15, 0.2) is 48.5 Å². The van der Waals surface area contributed by atoms with Gasteiger partial charge in [-0.2, -0.15) is 4.98 Å². The zero-order chi connectivity index (χ0) is 22.6. The second-order valence-electron chi connectivity index (χ2n) is 7.08. The molecule has 0 saturated heterocycles. The van der Waals surface area contributed by atoms with Crippen LogP contribution >= 0.6 is 11.6 Å². The first-order valence-corrected chi connectivity index (χ1v) is 10.1. The number of nitrogens with one attached hydrogen (secondary N) is 2. The van der Waals surface area contributed by atoms with Gasteiger partial charge in [0.15, 0.2) is 0 Å². The summed E-state index contributed by atoms with van der Waals surface area (Å²) in [7, 11) is 0. The lowest BCUT2D eigenvalue weighted by molar-refractivity contribution is -0.274. The molecule has 0 bridgehead atoms. The molecule has 1 aromatic heterocycles. The third-order valence-corrected chi connectivity index (χ3v) is 4.93. The molecule has 164 valence electrons. The maximum absolute atomic E-state index is 12.6. The third kappa shape index (κ3) is 6.49. The van der Waals surface area contributed by atoms with Crippen LogP contribution in [0.1, 0.15) is 25.8 Å². The van der Waals surface area contributed by atoms with Gasteiger partial charge < -0.3 is 15.4 Å². The van der Waals surface area contributed by atoms with E-state index in [-0.39, 0.29) is 11.8 Å². The number of anilines is 3. The molecule has 0 amide bonds. The maximum Gasteiger partial charge on any atom is 0.573 e. The van der Waals surface area contributed by atoms with Crippen molar-refractivity contribution < 1.29 is 17.9 Å². The molecule has 9 heteroatoms. The summed E-state index contributed by atoms with van der Waals surface area (Å²) in [6.07, 6.45) is -3.93. The third-order valence-electron chi connectivity index (χ3n) is 4.52. The lowest BCUT2D eigenvalue weighted by Crippen LogP contribution is -2.17. The predicted molar refractivity (Wildman–Crippen MR) is 117 cm³/mol. The number of halogens is 4. The van der Waals surface area contributed by atoms with E-state index in [1.54, 1.807) is 18.2 Å². The van der Waals surface area contributed by atoms with Gasteiger partial charge in [-0.1, -0.05) is 36.7 Å². The van der Waals surface area contributed by atoms with Gasteiger partial charge in [0.25, 0.3) is 0 Å². The van der Waals surface area contributed by atoms with Gasteiger partial charge >= 0.3 is 6.36 Å². The number of aryl methyl sites for hydroxylation is 1. The molecule has 3 rings (SSSR count). The lowest BCUT2D eigenvalue weighted by atomic mass is 10.1. The summed E-state index contributed by atoms with van der Waals surface area (Å²) in [6, 6.07) is 12.9. The number of nitrogens with zero attached hydrogens (tertiary/aromatic N) is 2. The molecule has 0 spiro atoms. The molecule has 0 aliphatic carbocycles. The monoisotopic (exact) mass is 450 g/mol. The number of benzene rings is 2. The molecule has 0 saturated carbocycles. The first-order valence-electron chi connectivity index (χ1n) is 9.68. The molecule has 1 atom stereocenters. The van der Waals surface area contributed by atoms with Gasteiger partial charge in [-0.05, 0) is 50.1 Å². The molecule has 5 nitrogen and oxygen atoms in total. The Kier molecular flexibility index (Phi) is 6.90. The fraction of sp³-hybridized carbons (Fsp3) is 0.273. The average Bonchev–Trinajstić information content (AvgIpc) is 2.69. The van der Waals surface area contributed by atoms with Gasteiger partial charge in [-0.3, -0.25) is 0 Å². The van der Waals surface area contributed by atoms with Crippen LogP contribution in [-0.2, 0) is 0 Å². The smallest absolute Gasteiger partial charge is 0.406 e. The Labute approximate surface area is 183 Å². The summed E-state index contributed by atoms with van der Waals surface area (Å²) in [5, 5.41) is 6.99. The molecule has 2 aromatic carbocycles. The SMILES string of the molecule is CC[C@H](C)Nc1nc(Nc2ccc(C)c(Cl)c2)cc(-c2cccc(OC(F)(F)F)c2)n1. The van der Waals surface area contributed by atoms with Crippen molar-refractivity contribution in [2.75, 3.05) is 10.6 Å². The summed E-state index contributed by atoms with van der Waals surface area (Å²) in [5.74, 6) is 0.507. The van der Waals surface area contributed by atoms with Crippen LogP contribution in [0.25, 0.3) is 11.3 Å². The minimum absolute atomic E-state index is 0.108. The molecule has 3 aromatic rings. The Hall–Kier alpha value is -3.00. The molecule has 0 radical (unpaired) electrons. The first-order chi connectivity index (χ1) is 14.6. The normalized spacial score (nSPS) is 12.4. The van der Waals surface area contributed by atoms with Crippen LogP contribution in [0, 0.1) is 6.92 Å². The van der Waals surface area contributed by atoms with E-state index in [0.717, 1.165) is 17.7 Å². The van der Waals surface area contributed by atoms with Gasteiger partial charge in [0.05, 0.1) is 5.69 Å². The van der Waals surface area contributed by atoms with Crippen molar-refractivity contribution >= 4 is 29.1 Å². The van der Waals surface area contributed by atoms with E-state index in [0.29, 0.717) is 28.0 Å². The Morgan fingerprint density at radius 1 is 1.10 bits per heavy atom. The van der Waals surface area contributed by atoms with Gasteiger partial charge in [-0.15, -0.1) is 13.2 Å². The number of alkyl halides is 3. The summed E-state index contributed by atoms with van der Waals surface area (Å²) < 4.78 is 41.9. The minimum Gasteiger partial charge on any atom is -0.406 e.